The number of rotatable bonds is 5. The van der Waals surface area contributed by atoms with Crippen molar-refractivity contribution < 1.29 is 0 Å². The van der Waals surface area contributed by atoms with Gasteiger partial charge in [0.15, 0.2) is 0 Å². The molecule has 0 aliphatic carbocycles. The van der Waals surface area contributed by atoms with Gasteiger partial charge in [-0.15, -0.1) is 0 Å². The molecule has 6 heteroatoms. The Bertz CT molecular complexity index is 633. The molecule has 2 heterocycles. The topological polar surface area (TPSA) is 53.1 Å². The maximum absolute atomic E-state index is 5.98. The van der Waals surface area contributed by atoms with E-state index in [2.05, 4.69) is 32.5 Å². The second-order valence-electron chi connectivity index (χ2n) is 5.70. The fourth-order valence-electron chi connectivity index (χ4n) is 2.65. The number of benzene rings is 1. The Labute approximate surface area is 135 Å². The van der Waals surface area contributed by atoms with Gasteiger partial charge in [-0.2, -0.15) is 4.98 Å². The molecule has 116 valence electrons. The summed E-state index contributed by atoms with van der Waals surface area (Å²) in [6.45, 7) is 3.27. The van der Waals surface area contributed by atoms with Crippen molar-refractivity contribution in [1.29, 1.82) is 0 Å². The van der Waals surface area contributed by atoms with Crippen LogP contribution in [0.15, 0.2) is 36.5 Å². The fraction of sp³-hybridized carbons (Fsp3) is 0.375. The number of anilines is 3. The van der Waals surface area contributed by atoms with Crippen LogP contribution in [0.4, 0.5) is 17.5 Å². The number of hydrogen-bond acceptors (Lipinski definition) is 5. The molecule has 1 atom stereocenters. The molecule has 0 saturated carbocycles. The van der Waals surface area contributed by atoms with E-state index in [1.807, 2.05) is 30.3 Å². The third kappa shape index (κ3) is 4.08. The van der Waals surface area contributed by atoms with Crippen LogP contribution in [0.2, 0.25) is 5.02 Å². The molecule has 3 rings (SSSR count). The lowest BCUT2D eigenvalue weighted by Gasteiger charge is -2.13. The summed E-state index contributed by atoms with van der Waals surface area (Å²) in [5.74, 6) is 2.09. The summed E-state index contributed by atoms with van der Waals surface area (Å²) in [5, 5.41) is 7.25. The molecular formula is C16H20ClN5. The standard InChI is InChI=1S/C16H20ClN5/c1-22-8-6-12(11-22)10-19-15-5-7-18-16(21-15)20-14-4-2-3-13(17)9-14/h2-5,7,9,12H,6,8,10-11H2,1H3,(H2,18,19,20,21)/t12-/m1/s1. The molecule has 0 radical (unpaired) electrons. The average Bonchev–Trinajstić information content (AvgIpc) is 2.91. The normalized spacial score (nSPS) is 18.4. The molecular weight excluding hydrogens is 298 g/mol. The van der Waals surface area contributed by atoms with Crippen LogP contribution < -0.4 is 10.6 Å². The Balaban J connectivity index is 1.60. The van der Waals surface area contributed by atoms with Crippen molar-refractivity contribution in [1.82, 2.24) is 14.9 Å². The Kier molecular flexibility index (Phi) is 4.75. The minimum Gasteiger partial charge on any atom is -0.370 e. The van der Waals surface area contributed by atoms with Crippen molar-refractivity contribution in [3.05, 3.63) is 41.6 Å². The lowest BCUT2D eigenvalue weighted by Crippen LogP contribution is -2.19. The molecule has 0 unspecified atom stereocenters. The first-order valence-electron chi connectivity index (χ1n) is 7.47. The van der Waals surface area contributed by atoms with Crippen molar-refractivity contribution in [3.8, 4) is 0 Å². The Morgan fingerprint density at radius 3 is 3.05 bits per heavy atom. The van der Waals surface area contributed by atoms with Gasteiger partial charge in [0.05, 0.1) is 0 Å². The highest BCUT2D eigenvalue weighted by molar-refractivity contribution is 6.30. The van der Waals surface area contributed by atoms with Crippen molar-refractivity contribution in [3.63, 3.8) is 0 Å². The quantitative estimate of drug-likeness (QED) is 0.886. The van der Waals surface area contributed by atoms with E-state index < -0.39 is 0 Å². The summed E-state index contributed by atoms with van der Waals surface area (Å²) >= 11 is 5.98. The molecule has 1 aromatic carbocycles. The van der Waals surface area contributed by atoms with Crippen LogP contribution in [0.25, 0.3) is 0 Å². The first-order valence-corrected chi connectivity index (χ1v) is 7.85. The monoisotopic (exact) mass is 317 g/mol. The van der Waals surface area contributed by atoms with Crippen LogP contribution >= 0.6 is 11.6 Å². The predicted molar refractivity (Wildman–Crippen MR) is 90.9 cm³/mol. The maximum atomic E-state index is 5.98. The van der Waals surface area contributed by atoms with Gasteiger partial charge in [-0.1, -0.05) is 17.7 Å². The molecule has 2 N–H and O–H groups in total. The molecule has 1 aliphatic rings. The Morgan fingerprint density at radius 1 is 1.36 bits per heavy atom. The number of likely N-dealkylation sites (tertiary alicyclic amines) is 1. The summed E-state index contributed by atoms with van der Waals surface area (Å²) in [4.78, 5) is 11.1. The van der Waals surface area contributed by atoms with E-state index in [0.29, 0.717) is 16.9 Å². The average molecular weight is 318 g/mol. The zero-order valence-electron chi connectivity index (χ0n) is 12.6. The molecule has 1 saturated heterocycles. The number of halogens is 1. The Hall–Kier alpha value is -1.85. The first kappa shape index (κ1) is 15.1. The number of aromatic nitrogens is 2. The fourth-order valence-corrected chi connectivity index (χ4v) is 2.84. The van der Waals surface area contributed by atoms with Crippen molar-refractivity contribution in [2.24, 2.45) is 5.92 Å². The Morgan fingerprint density at radius 2 is 2.27 bits per heavy atom. The van der Waals surface area contributed by atoms with Crippen molar-refractivity contribution >= 4 is 29.1 Å². The third-order valence-electron chi connectivity index (χ3n) is 3.80. The lowest BCUT2D eigenvalue weighted by molar-refractivity contribution is 0.399. The molecule has 0 bridgehead atoms. The van der Waals surface area contributed by atoms with Crippen molar-refractivity contribution in [2.45, 2.75) is 6.42 Å². The first-order chi connectivity index (χ1) is 10.7. The lowest BCUT2D eigenvalue weighted by atomic mass is 10.1. The molecule has 1 fully saturated rings. The zero-order valence-corrected chi connectivity index (χ0v) is 13.3. The van der Waals surface area contributed by atoms with E-state index in [0.717, 1.165) is 24.6 Å². The van der Waals surface area contributed by atoms with Gasteiger partial charge in [0, 0.05) is 30.0 Å². The van der Waals surface area contributed by atoms with Gasteiger partial charge >= 0.3 is 0 Å². The molecule has 5 nitrogen and oxygen atoms in total. The molecule has 1 aliphatic heterocycles. The summed E-state index contributed by atoms with van der Waals surface area (Å²) in [6.07, 6.45) is 2.99. The van der Waals surface area contributed by atoms with Gasteiger partial charge in [0.1, 0.15) is 5.82 Å². The highest BCUT2D eigenvalue weighted by atomic mass is 35.5. The van der Waals surface area contributed by atoms with Crippen LogP contribution in [0.3, 0.4) is 0 Å². The van der Waals surface area contributed by atoms with Gasteiger partial charge in [0.25, 0.3) is 0 Å². The van der Waals surface area contributed by atoms with Crippen LogP contribution in [0.1, 0.15) is 6.42 Å². The van der Waals surface area contributed by atoms with E-state index in [-0.39, 0.29) is 0 Å². The summed E-state index contributed by atoms with van der Waals surface area (Å²) in [5.41, 5.74) is 0.877. The van der Waals surface area contributed by atoms with E-state index in [9.17, 15) is 0 Å². The zero-order chi connectivity index (χ0) is 15.4. The largest absolute Gasteiger partial charge is 0.370 e. The van der Waals surface area contributed by atoms with Gasteiger partial charge in [-0.3, -0.25) is 0 Å². The molecule has 0 spiro atoms. The third-order valence-corrected chi connectivity index (χ3v) is 4.03. The van der Waals surface area contributed by atoms with Crippen LogP contribution in [0.5, 0.6) is 0 Å². The second-order valence-corrected chi connectivity index (χ2v) is 6.14. The minimum atomic E-state index is 0.566. The van der Waals surface area contributed by atoms with Gasteiger partial charge < -0.3 is 15.5 Å². The summed E-state index contributed by atoms with van der Waals surface area (Å²) in [6, 6.07) is 9.40. The van der Waals surface area contributed by atoms with E-state index in [1.54, 1.807) is 6.20 Å². The number of nitrogens with one attached hydrogen (secondary N) is 2. The van der Waals surface area contributed by atoms with E-state index in [1.165, 1.54) is 13.0 Å². The number of hydrogen-bond donors (Lipinski definition) is 2. The van der Waals surface area contributed by atoms with Crippen molar-refractivity contribution in [2.75, 3.05) is 37.3 Å². The second kappa shape index (κ2) is 6.94. The predicted octanol–water partition coefficient (Wildman–Crippen LogP) is 3.24. The van der Waals surface area contributed by atoms with E-state index in [4.69, 9.17) is 11.6 Å². The van der Waals surface area contributed by atoms with Crippen LogP contribution in [-0.4, -0.2) is 41.5 Å². The minimum absolute atomic E-state index is 0.566. The van der Waals surface area contributed by atoms with Crippen LogP contribution in [0, 0.1) is 5.92 Å². The molecule has 22 heavy (non-hydrogen) atoms. The summed E-state index contributed by atoms with van der Waals surface area (Å²) < 4.78 is 0. The van der Waals surface area contributed by atoms with E-state index >= 15 is 0 Å². The SMILES string of the molecule is CN1CC[C@H](CNc2ccnc(Nc3cccc(Cl)c3)n2)C1. The van der Waals surface area contributed by atoms with Gasteiger partial charge in [-0.25, -0.2) is 4.98 Å². The maximum Gasteiger partial charge on any atom is 0.229 e. The number of nitrogens with zero attached hydrogens (tertiary/aromatic N) is 3. The molecule has 1 aromatic heterocycles. The van der Waals surface area contributed by atoms with Crippen LogP contribution in [-0.2, 0) is 0 Å². The highest BCUT2D eigenvalue weighted by Crippen LogP contribution is 2.19. The highest BCUT2D eigenvalue weighted by Gasteiger charge is 2.18. The smallest absolute Gasteiger partial charge is 0.229 e. The van der Waals surface area contributed by atoms with Gasteiger partial charge in [0.2, 0.25) is 5.95 Å². The molecule has 0 amide bonds. The van der Waals surface area contributed by atoms with Gasteiger partial charge in [-0.05, 0) is 50.2 Å². The molecule has 2 aromatic rings. The summed E-state index contributed by atoms with van der Waals surface area (Å²) in [7, 11) is 2.16.